The molecule has 1 fully saturated rings. The Morgan fingerprint density at radius 3 is 2.57 bits per heavy atom. The number of ether oxygens (including phenoxy) is 1. The van der Waals surface area contributed by atoms with Gasteiger partial charge in [-0.2, -0.15) is 0 Å². The van der Waals surface area contributed by atoms with Gasteiger partial charge in [-0.05, 0) is 48.9 Å². The predicted molar refractivity (Wildman–Crippen MR) is 125 cm³/mol. The lowest BCUT2D eigenvalue weighted by Gasteiger charge is -2.20. The van der Waals surface area contributed by atoms with Crippen LogP contribution in [-0.2, 0) is 6.54 Å². The lowest BCUT2D eigenvalue weighted by Crippen LogP contribution is -2.25. The first-order chi connectivity index (χ1) is 14.2. The van der Waals surface area contributed by atoms with Gasteiger partial charge in [0.15, 0.2) is 0 Å². The molecule has 1 aliphatic rings. The average Bonchev–Trinajstić information content (AvgIpc) is 3.40. The Balaban J connectivity index is 0.00000256. The van der Waals surface area contributed by atoms with E-state index in [1.54, 1.807) is 0 Å². The van der Waals surface area contributed by atoms with Crippen LogP contribution in [0.4, 0.5) is 0 Å². The van der Waals surface area contributed by atoms with E-state index < -0.39 is 6.10 Å². The SMILES string of the molecule is CCC(C)c1ccccc1OCC(O)Cn1c(C2CCCC2)nc2ccccc21.Cl. The van der Waals surface area contributed by atoms with Gasteiger partial charge in [0.05, 0.1) is 17.6 Å². The summed E-state index contributed by atoms with van der Waals surface area (Å²) in [6.45, 7) is 5.19. The highest BCUT2D eigenvalue weighted by Gasteiger charge is 2.24. The number of imidazole rings is 1. The van der Waals surface area contributed by atoms with Gasteiger partial charge in [-0.3, -0.25) is 0 Å². The number of aliphatic hydroxyl groups excluding tert-OH is 1. The van der Waals surface area contributed by atoms with Crippen LogP contribution >= 0.6 is 12.4 Å². The molecule has 4 rings (SSSR count). The van der Waals surface area contributed by atoms with E-state index in [1.807, 2.05) is 24.3 Å². The molecule has 0 bridgehead atoms. The lowest BCUT2D eigenvalue weighted by molar-refractivity contribution is 0.0918. The molecule has 2 aromatic carbocycles. The number of benzene rings is 2. The Kier molecular flexibility index (Phi) is 7.79. The summed E-state index contributed by atoms with van der Waals surface area (Å²) >= 11 is 0. The zero-order valence-electron chi connectivity index (χ0n) is 18.0. The van der Waals surface area contributed by atoms with Crippen molar-refractivity contribution < 1.29 is 9.84 Å². The van der Waals surface area contributed by atoms with Crippen LogP contribution in [0.15, 0.2) is 48.5 Å². The molecule has 30 heavy (non-hydrogen) atoms. The zero-order valence-corrected chi connectivity index (χ0v) is 18.8. The highest BCUT2D eigenvalue weighted by Crippen LogP contribution is 2.35. The van der Waals surface area contributed by atoms with Crippen LogP contribution in [0.1, 0.15) is 69.2 Å². The molecular formula is C25H33ClN2O2. The third-order valence-corrected chi connectivity index (χ3v) is 6.29. The molecule has 162 valence electrons. The van der Waals surface area contributed by atoms with Crippen molar-refractivity contribution in [2.45, 2.75) is 70.4 Å². The monoisotopic (exact) mass is 428 g/mol. The first-order valence-electron chi connectivity index (χ1n) is 11.0. The van der Waals surface area contributed by atoms with E-state index in [2.05, 4.69) is 42.7 Å². The topological polar surface area (TPSA) is 47.3 Å². The summed E-state index contributed by atoms with van der Waals surface area (Å²) < 4.78 is 8.29. The molecule has 1 aliphatic carbocycles. The maximum Gasteiger partial charge on any atom is 0.122 e. The van der Waals surface area contributed by atoms with E-state index in [0.29, 0.717) is 18.4 Å². The molecule has 1 aromatic heterocycles. The third-order valence-electron chi connectivity index (χ3n) is 6.29. The Labute approximate surface area is 185 Å². The van der Waals surface area contributed by atoms with Crippen LogP contribution in [0.5, 0.6) is 5.75 Å². The molecule has 0 radical (unpaired) electrons. The summed E-state index contributed by atoms with van der Waals surface area (Å²) in [6, 6.07) is 16.4. The first kappa shape index (κ1) is 22.6. The molecule has 0 saturated heterocycles. The van der Waals surface area contributed by atoms with E-state index in [4.69, 9.17) is 9.72 Å². The molecule has 1 heterocycles. The summed E-state index contributed by atoms with van der Waals surface area (Å²) in [7, 11) is 0. The number of fused-ring (bicyclic) bond motifs is 1. The highest BCUT2D eigenvalue weighted by molar-refractivity contribution is 5.85. The van der Waals surface area contributed by atoms with E-state index in [1.165, 1.54) is 31.2 Å². The number of hydrogen-bond acceptors (Lipinski definition) is 3. The molecule has 3 aromatic rings. The quantitative estimate of drug-likeness (QED) is 0.473. The van der Waals surface area contributed by atoms with Crippen LogP contribution in [-0.4, -0.2) is 27.4 Å². The normalized spacial score (nSPS) is 16.4. The van der Waals surface area contributed by atoms with Crippen molar-refractivity contribution in [3.8, 4) is 5.75 Å². The van der Waals surface area contributed by atoms with Crippen molar-refractivity contribution in [2.75, 3.05) is 6.61 Å². The fourth-order valence-electron chi connectivity index (χ4n) is 4.47. The van der Waals surface area contributed by atoms with Gasteiger partial charge in [-0.15, -0.1) is 12.4 Å². The second-order valence-electron chi connectivity index (χ2n) is 8.36. The molecule has 5 heteroatoms. The predicted octanol–water partition coefficient (Wildman–Crippen LogP) is 6.07. The lowest BCUT2D eigenvalue weighted by atomic mass is 9.98. The summed E-state index contributed by atoms with van der Waals surface area (Å²) in [5.41, 5.74) is 3.33. The number of rotatable bonds is 8. The number of aliphatic hydroxyl groups is 1. The van der Waals surface area contributed by atoms with Gasteiger partial charge in [-0.1, -0.05) is 57.0 Å². The third kappa shape index (κ3) is 4.81. The van der Waals surface area contributed by atoms with Crippen molar-refractivity contribution in [1.82, 2.24) is 9.55 Å². The number of hydrogen-bond donors (Lipinski definition) is 1. The van der Waals surface area contributed by atoms with Crippen molar-refractivity contribution >= 4 is 23.4 Å². The summed E-state index contributed by atoms with van der Waals surface area (Å²) in [5, 5.41) is 10.8. The standard InChI is InChI=1S/C25H32N2O2.ClH/c1-3-18(2)21-12-6-9-15-24(21)29-17-20(28)16-27-23-14-8-7-13-22(23)26-25(27)19-10-4-5-11-19;/h6-9,12-15,18-20,28H,3-5,10-11,16-17H2,1-2H3;1H. The number of para-hydroxylation sites is 3. The van der Waals surface area contributed by atoms with Gasteiger partial charge in [0.2, 0.25) is 0 Å². The zero-order chi connectivity index (χ0) is 20.2. The van der Waals surface area contributed by atoms with Gasteiger partial charge in [-0.25, -0.2) is 4.98 Å². The summed E-state index contributed by atoms with van der Waals surface area (Å²) in [6.07, 6.45) is 5.40. The largest absolute Gasteiger partial charge is 0.491 e. The van der Waals surface area contributed by atoms with E-state index in [9.17, 15) is 5.11 Å². The fourth-order valence-corrected chi connectivity index (χ4v) is 4.47. The van der Waals surface area contributed by atoms with Gasteiger partial charge in [0, 0.05) is 5.92 Å². The second-order valence-corrected chi connectivity index (χ2v) is 8.36. The number of nitrogens with zero attached hydrogens (tertiary/aromatic N) is 2. The Bertz CT molecular complexity index is 949. The van der Waals surface area contributed by atoms with Crippen molar-refractivity contribution in [2.24, 2.45) is 0 Å². The van der Waals surface area contributed by atoms with Crippen LogP contribution in [0.2, 0.25) is 0 Å². The number of aromatic nitrogens is 2. The molecule has 0 amide bonds. The number of halogens is 1. The van der Waals surface area contributed by atoms with Crippen molar-refractivity contribution in [1.29, 1.82) is 0 Å². The molecule has 2 atom stereocenters. The summed E-state index contributed by atoms with van der Waals surface area (Å²) in [5.74, 6) is 2.95. The second kappa shape index (κ2) is 10.3. The van der Waals surface area contributed by atoms with E-state index >= 15 is 0 Å². The average molecular weight is 429 g/mol. The molecule has 0 spiro atoms. The highest BCUT2D eigenvalue weighted by atomic mass is 35.5. The Morgan fingerprint density at radius 2 is 1.80 bits per heavy atom. The van der Waals surface area contributed by atoms with Crippen LogP contribution in [0, 0.1) is 0 Å². The maximum absolute atomic E-state index is 10.8. The smallest absolute Gasteiger partial charge is 0.122 e. The Morgan fingerprint density at radius 1 is 1.10 bits per heavy atom. The minimum Gasteiger partial charge on any atom is -0.491 e. The minimum atomic E-state index is -0.585. The molecule has 0 aliphatic heterocycles. The van der Waals surface area contributed by atoms with Crippen LogP contribution in [0.3, 0.4) is 0 Å². The van der Waals surface area contributed by atoms with Gasteiger partial charge < -0.3 is 14.4 Å². The van der Waals surface area contributed by atoms with E-state index in [-0.39, 0.29) is 19.0 Å². The molecule has 1 saturated carbocycles. The fraction of sp³-hybridized carbons (Fsp3) is 0.480. The van der Waals surface area contributed by atoms with Crippen LogP contribution in [0.25, 0.3) is 11.0 Å². The van der Waals surface area contributed by atoms with Gasteiger partial charge in [0.1, 0.15) is 24.3 Å². The first-order valence-corrected chi connectivity index (χ1v) is 11.0. The van der Waals surface area contributed by atoms with E-state index in [0.717, 1.165) is 29.0 Å². The maximum atomic E-state index is 10.8. The Hall–Kier alpha value is -2.04. The molecular weight excluding hydrogens is 396 g/mol. The summed E-state index contributed by atoms with van der Waals surface area (Å²) in [4.78, 5) is 4.93. The van der Waals surface area contributed by atoms with Gasteiger partial charge in [0.25, 0.3) is 0 Å². The molecule has 1 N–H and O–H groups in total. The minimum absolute atomic E-state index is 0. The van der Waals surface area contributed by atoms with Crippen LogP contribution < -0.4 is 4.74 Å². The molecule has 2 unspecified atom stereocenters. The van der Waals surface area contributed by atoms with Crippen molar-refractivity contribution in [3.05, 3.63) is 59.9 Å². The van der Waals surface area contributed by atoms with Crippen molar-refractivity contribution in [3.63, 3.8) is 0 Å². The van der Waals surface area contributed by atoms with Gasteiger partial charge >= 0.3 is 0 Å². The molecule has 4 nitrogen and oxygen atoms in total.